The Hall–Kier alpha value is -3.24. The summed E-state index contributed by atoms with van der Waals surface area (Å²) in [6.45, 7) is 10.1. The van der Waals surface area contributed by atoms with Crippen LogP contribution in [-0.2, 0) is 13.0 Å². The first kappa shape index (κ1) is 27.8. The van der Waals surface area contributed by atoms with E-state index in [4.69, 9.17) is 0 Å². The van der Waals surface area contributed by atoms with Crippen molar-refractivity contribution in [3.63, 3.8) is 0 Å². The molecule has 4 rings (SSSR count). The topological polar surface area (TPSA) is 82.5 Å². The van der Waals surface area contributed by atoms with Gasteiger partial charge in [-0.1, -0.05) is 25.3 Å². The monoisotopic (exact) mass is 538 g/mol. The molecule has 1 aliphatic rings. The maximum absolute atomic E-state index is 14.6. The first-order chi connectivity index (χ1) is 18.4. The molecule has 3 aromatic rings. The van der Waals surface area contributed by atoms with E-state index in [1.54, 1.807) is 40.4 Å². The Morgan fingerprint density at radius 1 is 1.08 bits per heavy atom. The summed E-state index contributed by atoms with van der Waals surface area (Å²) in [6.07, 6.45) is 5.33. The van der Waals surface area contributed by atoms with Crippen molar-refractivity contribution < 1.29 is 14.0 Å². The number of hydrogen-bond donors (Lipinski definition) is 0. The van der Waals surface area contributed by atoms with E-state index in [0.29, 0.717) is 52.8 Å². The average molecular weight is 539 g/mol. The van der Waals surface area contributed by atoms with Crippen molar-refractivity contribution in [2.75, 3.05) is 37.6 Å². The number of benzene rings is 1. The molecule has 38 heavy (non-hydrogen) atoms. The molecule has 0 spiro atoms. The molecule has 0 bridgehead atoms. The molecule has 0 aliphatic carbocycles. The number of carbonyl (C=O) groups is 2. The summed E-state index contributed by atoms with van der Waals surface area (Å²) in [5.41, 5.74) is 2.32. The van der Waals surface area contributed by atoms with Crippen LogP contribution in [0, 0.1) is 11.7 Å². The van der Waals surface area contributed by atoms with Gasteiger partial charge in [0.25, 0.3) is 11.8 Å². The highest BCUT2D eigenvalue weighted by Crippen LogP contribution is 2.27. The van der Waals surface area contributed by atoms with E-state index in [0.717, 1.165) is 44.0 Å². The Morgan fingerprint density at radius 2 is 1.87 bits per heavy atom. The lowest BCUT2D eigenvalue weighted by Crippen LogP contribution is -2.39. The molecule has 8 nitrogen and oxygen atoms in total. The summed E-state index contributed by atoms with van der Waals surface area (Å²) in [4.78, 5) is 37.9. The Kier molecular flexibility index (Phi) is 9.52. The highest BCUT2D eigenvalue weighted by molar-refractivity contribution is 7.08. The molecule has 10 heteroatoms. The van der Waals surface area contributed by atoms with E-state index in [1.807, 2.05) is 6.92 Å². The number of fused-ring (bicyclic) bond motifs is 1. The maximum Gasteiger partial charge on any atom is 0.267 e. The molecule has 0 radical (unpaired) electrons. The van der Waals surface area contributed by atoms with Crippen LogP contribution in [0.25, 0.3) is 0 Å². The zero-order valence-corrected chi connectivity index (χ0v) is 23.1. The quantitative estimate of drug-likeness (QED) is 0.469. The minimum absolute atomic E-state index is 0.162. The largest absolute Gasteiger partial charge is 0.333 e. The lowest BCUT2D eigenvalue weighted by atomic mass is 10.1. The molecule has 0 unspecified atom stereocenters. The predicted molar refractivity (Wildman–Crippen MR) is 147 cm³/mol. The van der Waals surface area contributed by atoms with Crippen LogP contribution < -0.4 is 4.90 Å². The number of halogens is 1. The van der Waals surface area contributed by atoms with Gasteiger partial charge < -0.3 is 14.7 Å². The summed E-state index contributed by atoms with van der Waals surface area (Å²) in [5.74, 6) is -0.275. The molecule has 0 atom stereocenters. The zero-order valence-electron chi connectivity index (χ0n) is 22.3. The van der Waals surface area contributed by atoms with Gasteiger partial charge in [0.2, 0.25) is 0 Å². The molecule has 2 aromatic heterocycles. The Bertz CT molecular complexity index is 1240. The first-order valence-electron chi connectivity index (χ1n) is 13.2. The van der Waals surface area contributed by atoms with Crippen molar-refractivity contribution in [1.29, 1.82) is 0 Å². The van der Waals surface area contributed by atoms with Gasteiger partial charge in [-0.2, -0.15) is 0 Å². The third kappa shape index (κ3) is 6.79. The van der Waals surface area contributed by atoms with Gasteiger partial charge in [0.05, 0.1) is 11.3 Å². The minimum atomic E-state index is -0.408. The number of amides is 2. The van der Waals surface area contributed by atoms with Crippen LogP contribution in [0.4, 0.5) is 10.1 Å². The summed E-state index contributed by atoms with van der Waals surface area (Å²) in [6, 6.07) is 7.91. The number of carbonyl (C=O) groups excluding carboxylic acids is 2. The maximum atomic E-state index is 14.6. The van der Waals surface area contributed by atoms with Crippen molar-refractivity contribution in [3.05, 3.63) is 70.2 Å². The molecular weight excluding hydrogens is 503 g/mol. The number of aromatic nitrogens is 3. The number of rotatable bonds is 5. The number of anilines is 1. The normalized spacial score (nSPS) is 15.6. The number of nitrogens with zero attached hydrogens (tertiary/aromatic N) is 6. The van der Waals surface area contributed by atoms with Crippen LogP contribution in [0.5, 0.6) is 0 Å². The molecule has 0 saturated carbocycles. The van der Waals surface area contributed by atoms with Gasteiger partial charge >= 0.3 is 0 Å². The lowest BCUT2D eigenvalue weighted by Gasteiger charge is -2.32. The molecule has 0 N–H and O–H groups in total. The van der Waals surface area contributed by atoms with Crippen LogP contribution in [-0.4, -0.2) is 68.9 Å². The van der Waals surface area contributed by atoms with Crippen molar-refractivity contribution in [2.45, 2.75) is 46.6 Å². The van der Waals surface area contributed by atoms with E-state index in [2.05, 4.69) is 33.3 Å². The molecule has 202 valence electrons. The lowest BCUT2D eigenvalue weighted by molar-refractivity contribution is 0.0736. The van der Waals surface area contributed by atoms with Gasteiger partial charge in [-0.05, 0) is 85.7 Å². The fourth-order valence-corrected chi connectivity index (χ4v) is 5.59. The smallest absolute Gasteiger partial charge is 0.267 e. The van der Waals surface area contributed by atoms with Gasteiger partial charge in [-0.15, -0.1) is 5.10 Å². The second kappa shape index (κ2) is 13.0. The standard InChI is InChI=1S/C28H35FN6O2S/c1-4-24-26(38-32-31-24)28(37)34-14-6-12-33(18-20(2)3)13-7-15-35(27(36)21-8-5-11-30-17-21)25-10-9-23(29)16-22(25)19-34/h5,8-11,16-17,20H,4,6-7,12-15,18-19H2,1-3H3. The SMILES string of the molecule is CCc1nnsc1C(=O)N1CCCN(CC(C)C)CCCN(C(=O)c2cccnc2)c2ccc(F)cc2C1. The van der Waals surface area contributed by atoms with Crippen LogP contribution in [0.3, 0.4) is 0 Å². The van der Waals surface area contributed by atoms with Crippen LogP contribution >= 0.6 is 11.5 Å². The third-order valence-corrected chi connectivity index (χ3v) is 7.36. The van der Waals surface area contributed by atoms with Crippen LogP contribution in [0.15, 0.2) is 42.7 Å². The molecule has 2 amide bonds. The molecule has 1 aliphatic heterocycles. The Labute approximate surface area is 227 Å². The van der Waals surface area contributed by atoms with E-state index in [9.17, 15) is 14.0 Å². The fraction of sp³-hybridized carbons (Fsp3) is 0.464. The Balaban J connectivity index is 1.74. The van der Waals surface area contributed by atoms with Crippen LogP contribution in [0.2, 0.25) is 0 Å². The minimum Gasteiger partial charge on any atom is -0.333 e. The molecular formula is C28H35FN6O2S. The molecule has 0 saturated heterocycles. The van der Waals surface area contributed by atoms with Gasteiger partial charge in [0, 0.05) is 44.3 Å². The highest BCUT2D eigenvalue weighted by Gasteiger charge is 2.27. The summed E-state index contributed by atoms with van der Waals surface area (Å²) < 4.78 is 18.6. The number of pyridine rings is 1. The summed E-state index contributed by atoms with van der Waals surface area (Å²) in [5, 5.41) is 4.12. The first-order valence-corrected chi connectivity index (χ1v) is 14.0. The van der Waals surface area contributed by atoms with E-state index >= 15 is 0 Å². The van der Waals surface area contributed by atoms with Gasteiger partial charge in [-0.3, -0.25) is 14.6 Å². The average Bonchev–Trinajstić information content (AvgIpc) is 3.39. The van der Waals surface area contributed by atoms with Crippen molar-refractivity contribution in [3.8, 4) is 0 Å². The van der Waals surface area contributed by atoms with Gasteiger partial charge in [-0.25, -0.2) is 4.39 Å². The van der Waals surface area contributed by atoms with Crippen molar-refractivity contribution in [1.82, 2.24) is 24.4 Å². The number of aryl methyl sites for hydroxylation is 1. The summed E-state index contributed by atoms with van der Waals surface area (Å²) in [7, 11) is 0. The number of hydrogen-bond acceptors (Lipinski definition) is 7. The highest BCUT2D eigenvalue weighted by atomic mass is 32.1. The van der Waals surface area contributed by atoms with Gasteiger partial charge in [0.15, 0.2) is 0 Å². The van der Waals surface area contributed by atoms with Gasteiger partial charge in [0.1, 0.15) is 10.7 Å². The van der Waals surface area contributed by atoms with E-state index in [1.165, 1.54) is 12.1 Å². The fourth-order valence-electron chi connectivity index (χ4n) is 4.87. The molecule has 1 aromatic carbocycles. The van der Waals surface area contributed by atoms with Crippen molar-refractivity contribution >= 4 is 29.0 Å². The second-order valence-electron chi connectivity index (χ2n) is 10.0. The third-order valence-electron chi connectivity index (χ3n) is 6.60. The van der Waals surface area contributed by atoms with Crippen molar-refractivity contribution in [2.24, 2.45) is 5.92 Å². The molecule has 0 fully saturated rings. The van der Waals surface area contributed by atoms with E-state index < -0.39 is 5.82 Å². The summed E-state index contributed by atoms with van der Waals surface area (Å²) >= 11 is 1.09. The molecule has 3 heterocycles. The van der Waals surface area contributed by atoms with Crippen LogP contribution in [0.1, 0.15) is 64.9 Å². The van der Waals surface area contributed by atoms with E-state index in [-0.39, 0.29) is 18.4 Å². The Morgan fingerprint density at radius 3 is 2.58 bits per heavy atom. The predicted octanol–water partition coefficient (Wildman–Crippen LogP) is 4.68. The zero-order chi connectivity index (χ0) is 27.1. The second-order valence-corrected chi connectivity index (χ2v) is 10.8.